The van der Waals surface area contributed by atoms with E-state index in [0.717, 1.165) is 4.47 Å². The van der Waals surface area contributed by atoms with Gasteiger partial charge in [0.1, 0.15) is 0 Å². The second-order valence-corrected chi connectivity index (χ2v) is 5.50. The van der Waals surface area contributed by atoms with Gasteiger partial charge in [0.25, 0.3) is 0 Å². The van der Waals surface area contributed by atoms with Crippen LogP contribution in [0.5, 0.6) is 0 Å². The van der Waals surface area contributed by atoms with Gasteiger partial charge in [-0.05, 0) is 30.3 Å². The zero-order valence-corrected chi connectivity index (χ0v) is 12.8. The zero-order valence-electron chi connectivity index (χ0n) is 10.4. The lowest BCUT2D eigenvalue weighted by Gasteiger charge is -2.16. The molecule has 0 aliphatic carbocycles. The molecule has 0 aliphatic rings. The van der Waals surface area contributed by atoms with E-state index in [1.165, 1.54) is 4.90 Å². The Labute approximate surface area is 130 Å². The quantitative estimate of drug-likeness (QED) is 0.603. The van der Waals surface area contributed by atoms with Crippen LogP contribution in [0.3, 0.4) is 0 Å². The first-order chi connectivity index (χ1) is 9.60. The van der Waals surface area contributed by atoms with E-state index in [0.29, 0.717) is 22.7 Å². The van der Waals surface area contributed by atoms with Crippen molar-refractivity contribution < 1.29 is 9.59 Å². The Balaban J connectivity index is 2.16. The van der Waals surface area contributed by atoms with Crippen molar-refractivity contribution in [1.82, 2.24) is 0 Å². The molecule has 1 amide bonds. The second-order valence-electron chi connectivity index (χ2n) is 4.14. The molecule has 2 rings (SSSR count). The summed E-state index contributed by atoms with van der Waals surface area (Å²) in [6.45, 7) is -0.0223. The van der Waals surface area contributed by atoms with Gasteiger partial charge in [0.2, 0.25) is 6.41 Å². The zero-order chi connectivity index (χ0) is 14.5. The molecule has 0 heterocycles. The summed E-state index contributed by atoms with van der Waals surface area (Å²) in [7, 11) is 0. The molecule has 102 valence electrons. The number of ketones is 1. The highest BCUT2D eigenvalue weighted by Crippen LogP contribution is 2.19. The van der Waals surface area contributed by atoms with Crippen LogP contribution in [-0.2, 0) is 4.79 Å². The molecule has 0 saturated heterocycles. The number of hydrogen-bond donors (Lipinski definition) is 0. The van der Waals surface area contributed by atoms with Gasteiger partial charge in [-0.15, -0.1) is 0 Å². The molecule has 5 heteroatoms. The number of halogens is 2. The molecule has 0 N–H and O–H groups in total. The van der Waals surface area contributed by atoms with E-state index < -0.39 is 0 Å². The number of benzene rings is 2. The van der Waals surface area contributed by atoms with Crippen molar-refractivity contribution in [3.63, 3.8) is 0 Å². The normalized spacial score (nSPS) is 10.1. The second kappa shape index (κ2) is 6.68. The van der Waals surface area contributed by atoms with Gasteiger partial charge in [-0.25, -0.2) is 0 Å². The van der Waals surface area contributed by atoms with Gasteiger partial charge >= 0.3 is 0 Å². The van der Waals surface area contributed by atoms with E-state index in [2.05, 4.69) is 15.9 Å². The predicted molar refractivity (Wildman–Crippen MR) is 83.3 cm³/mol. The fourth-order valence-electron chi connectivity index (χ4n) is 1.73. The molecule has 0 radical (unpaired) electrons. The summed E-state index contributed by atoms with van der Waals surface area (Å²) in [4.78, 5) is 24.6. The van der Waals surface area contributed by atoms with Crippen LogP contribution >= 0.6 is 27.5 Å². The number of Topliss-reactive ketones (excluding diaryl/α,β-unsaturated/α-hetero) is 1. The topological polar surface area (TPSA) is 37.4 Å². The van der Waals surface area contributed by atoms with E-state index in [1.54, 1.807) is 48.5 Å². The van der Waals surface area contributed by atoms with Crippen molar-refractivity contribution in [3.05, 3.63) is 63.6 Å². The molecule has 20 heavy (non-hydrogen) atoms. The lowest BCUT2D eigenvalue weighted by molar-refractivity contribution is -0.107. The lowest BCUT2D eigenvalue weighted by atomic mass is 10.1. The number of carbonyl (C=O) groups excluding carboxylic acids is 2. The van der Waals surface area contributed by atoms with Crippen LogP contribution in [0.1, 0.15) is 10.4 Å². The van der Waals surface area contributed by atoms with Crippen LogP contribution in [0.2, 0.25) is 5.02 Å². The van der Waals surface area contributed by atoms with Crippen LogP contribution in [0.25, 0.3) is 0 Å². The number of anilines is 1. The SMILES string of the molecule is O=CN(CC(=O)c1ccc(Br)cc1)c1cccc(Cl)c1. The standard InChI is InChI=1S/C15H11BrClNO2/c16-12-6-4-11(5-7-12)15(20)9-18(10-19)14-3-1-2-13(17)8-14/h1-8,10H,9H2. The molecule has 0 unspecified atom stereocenters. The Hall–Kier alpha value is -1.65. The minimum atomic E-state index is -0.135. The summed E-state index contributed by atoms with van der Waals surface area (Å²) in [5.41, 5.74) is 1.15. The van der Waals surface area contributed by atoms with Gasteiger partial charge in [-0.1, -0.05) is 45.7 Å². The molecule has 2 aromatic rings. The lowest BCUT2D eigenvalue weighted by Crippen LogP contribution is -2.28. The molecule has 3 nitrogen and oxygen atoms in total. The summed E-state index contributed by atoms with van der Waals surface area (Å²) >= 11 is 9.20. The Morgan fingerprint density at radius 3 is 2.50 bits per heavy atom. The molecule has 0 saturated carbocycles. The van der Waals surface area contributed by atoms with Gasteiger partial charge in [0.15, 0.2) is 5.78 Å². The summed E-state index contributed by atoms with van der Waals surface area (Å²) in [5.74, 6) is -0.135. The maximum absolute atomic E-state index is 12.1. The molecule has 0 spiro atoms. The molecule has 2 aromatic carbocycles. The number of rotatable bonds is 5. The molecular formula is C15H11BrClNO2. The van der Waals surface area contributed by atoms with E-state index in [1.807, 2.05) is 0 Å². The summed E-state index contributed by atoms with van der Waals surface area (Å²) in [5, 5.41) is 0.519. The fraction of sp³-hybridized carbons (Fsp3) is 0.0667. The van der Waals surface area contributed by atoms with E-state index >= 15 is 0 Å². The van der Waals surface area contributed by atoms with Crippen LogP contribution < -0.4 is 4.90 Å². The van der Waals surface area contributed by atoms with Crippen LogP contribution in [0.4, 0.5) is 5.69 Å². The summed E-state index contributed by atoms with van der Waals surface area (Å²) < 4.78 is 0.899. The van der Waals surface area contributed by atoms with E-state index in [4.69, 9.17) is 11.6 Å². The predicted octanol–water partition coefficient (Wildman–Crippen LogP) is 3.95. The van der Waals surface area contributed by atoms with Crippen LogP contribution in [-0.4, -0.2) is 18.7 Å². The Morgan fingerprint density at radius 2 is 1.90 bits per heavy atom. The van der Waals surface area contributed by atoms with Gasteiger partial charge in [-0.2, -0.15) is 0 Å². The third kappa shape index (κ3) is 3.68. The van der Waals surface area contributed by atoms with Crippen molar-refractivity contribution in [3.8, 4) is 0 Å². The highest BCUT2D eigenvalue weighted by molar-refractivity contribution is 9.10. The van der Waals surface area contributed by atoms with E-state index in [9.17, 15) is 9.59 Å². The van der Waals surface area contributed by atoms with Crippen LogP contribution in [0.15, 0.2) is 53.0 Å². The number of amides is 1. The highest BCUT2D eigenvalue weighted by atomic mass is 79.9. The molecule has 0 fully saturated rings. The largest absolute Gasteiger partial charge is 0.307 e. The Kier molecular flexibility index (Phi) is 4.93. The first-order valence-electron chi connectivity index (χ1n) is 5.86. The van der Waals surface area contributed by atoms with Crippen molar-refractivity contribution in [2.45, 2.75) is 0 Å². The monoisotopic (exact) mass is 351 g/mol. The maximum Gasteiger partial charge on any atom is 0.214 e. The molecule has 0 aliphatic heterocycles. The highest BCUT2D eigenvalue weighted by Gasteiger charge is 2.13. The van der Waals surface area contributed by atoms with Crippen molar-refractivity contribution in [2.75, 3.05) is 11.4 Å². The fourth-order valence-corrected chi connectivity index (χ4v) is 2.17. The number of nitrogens with zero attached hydrogens (tertiary/aromatic N) is 1. The minimum absolute atomic E-state index is 0.0223. The molecular weight excluding hydrogens is 342 g/mol. The maximum atomic E-state index is 12.1. The first-order valence-corrected chi connectivity index (χ1v) is 7.03. The molecule has 0 atom stereocenters. The molecule has 0 aromatic heterocycles. The minimum Gasteiger partial charge on any atom is -0.307 e. The number of carbonyl (C=O) groups is 2. The van der Waals surface area contributed by atoms with Crippen molar-refractivity contribution >= 4 is 45.4 Å². The third-order valence-corrected chi connectivity index (χ3v) is 3.51. The van der Waals surface area contributed by atoms with Gasteiger partial charge in [-0.3, -0.25) is 9.59 Å². The van der Waals surface area contributed by atoms with E-state index in [-0.39, 0.29) is 12.3 Å². The summed E-state index contributed by atoms with van der Waals surface area (Å²) in [6, 6.07) is 13.8. The Morgan fingerprint density at radius 1 is 1.20 bits per heavy atom. The van der Waals surface area contributed by atoms with Gasteiger partial charge in [0.05, 0.1) is 6.54 Å². The smallest absolute Gasteiger partial charge is 0.214 e. The average Bonchev–Trinajstić information content (AvgIpc) is 2.45. The number of hydrogen-bond acceptors (Lipinski definition) is 2. The van der Waals surface area contributed by atoms with Gasteiger partial charge in [0, 0.05) is 20.7 Å². The first kappa shape index (κ1) is 14.8. The third-order valence-electron chi connectivity index (χ3n) is 2.75. The molecule has 0 bridgehead atoms. The Bertz CT molecular complexity index is 628. The van der Waals surface area contributed by atoms with Crippen molar-refractivity contribution in [2.24, 2.45) is 0 Å². The van der Waals surface area contributed by atoms with Gasteiger partial charge < -0.3 is 4.90 Å². The summed E-state index contributed by atoms with van der Waals surface area (Å²) in [6.07, 6.45) is 0.627. The van der Waals surface area contributed by atoms with Crippen LogP contribution in [0, 0.1) is 0 Å². The average molecular weight is 353 g/mol. The van der Waals surface area contributed by atoms with Crippen molar-refractivity contribution in [1.29, 1.82) is 0 Å².